The molecular formula is C22H23BrN4O2S. The summed E-state index contributed by atoms with van der Waals surface area (Å²) in [5.41, 5.74) is 5.92. The molecule has 0 bridgehead atoms. The second kappa shape index (κ2) is 9.40. The van der Waals surface area contributed by atoms with Crippen LogP contribution in [0.1, 0.15) is 32.9 Å². The van der Waals surface area contributed by atoms with E-state index in [1.807, 2.05) is 42.9 Å². The number of halogens is 1. The Labute approximate surface area is 189 Å². The molecule has 1 amide bonds. The molecule has 156 valence electrons. The van der Waals surface area contributed by atoms with Crippen molar-refractivity contribution in [2.75, 3.05) is 12.4 Å². The van der Waals surface area contributed by atoms with Gasteiger partial charge in [-0.15, -0.1) is 0 Å². The first-order valence-corrected chi connectivity index (χ1v) is 10.5. The maximum Gasteiger partial charge on any atom is 0.257 e. The van der Waals surface area contributed by atoms with Crippen molar-refractivity contribution in [3.05, 3.63) is 75.0 Å². The second-order valence-corrected chi connectivity index (χ2v) is 8.17. The van der Waals surface area contributed by atoms with Crippen molar-refractivity contribution in [3.8, 4) is 5.75 Å². The Kier molecular flexibility index (Phi) is 6.89. The molecule has 0 unspecified atom stereocenters. The molecule has 0 radical (unpaired) electrons. The smallest absolute Gasteiger partial charge is 0.257 e. The Morgan fingerprint density at radius 3 is 2.47 bits per heavy atom. The molecule has 0 aliphatic heterocycles. The number of anilines is 1. The van der Waals surface area contributed by atoms with Crippen molar-refractivity contribution in [1.82, 2.24) is 15.1 Å². The lowest BCUT2D eigenvalue weighted by molar-refractivity contribution is 0.0977. The number of nitrogens with zero attached hydrogens (tertiary/aromatic N) is 2. The number of thiocarbonyl (C=S) groups is 1. The molecule has 0 aliphatic rings. The van der Waals surface area contributed by atoms with Gasteiger partial charge in [0.1, 0.15) is 5.75 Å². The van der Waals surface area contributed by atoms with E-state index in [-0.39, 0.29) is 11.0 Å². The summed E-state index contributed by atoms with van der Waals surface area (Å²) in [7, 11) is 3.53. The molecule has 2 aromatic carbocycles. The Hall–Kier alpha value is -2.71. The SMILES string of the molecule is COc1ccc(C(=O)NC(=S)Nc2ccc(Cc3c(C)nn(C)c3C)cc2)cc1Br. The van der Waals surface area contributed by atoms with Gasteiger partial charge in [0.15, 0.2) is 5.11 Å². The quantitative estimate of drug-likeness (QED) is 0.518. The number of methoxy groups -OCH3 is 1. The number of aromatic nitrogens is 2. The van der Waals surface area contributed by atoms with Gasteiger partial charge in [-0.1, -0.05) is 12.1 Å². The van der Waals surface area contributed by atoms with Crippen LogP contribution in [0.3, 0.4) is 0 Å². The first-order valence-electron chi connectivity index (χ1n) is 9.32. The molecule has 3 aromatic rings. The molecule has 3 rings (SSSR count). The molecule has 0 spiro atoms. The van der Waals surface area contributed by atoms with Crippen molar-refractivity contribution in [3.63, 3.8) is 0 Å². The average molecular weight is 487 g/mol. The van der Waals surface area contributed by atoms with Crippen LogP contribution in [0.25, 0.3) is 0 Å². The highest BCUT2D eigenvalue weighted by Crippen LogP contribution is 2.25. The van der Waals surface area contributed by atoms with Crippen molar-refractivity contribution in [1.29, 1.82) is 0 Å². The van der Waals surface area contributed by atoms with Crippen molar-refractivity contribution in [2.24, 2.45) is 7.05 Å². The molecule has 6 nitrogen and oxygen atoms in total. The van der Waals surface area contributed by atoms with Crippen molar-refractivity contribution in [2.45, 2.75) is 20.3 Å². The van der Waals surface area contributed by atoms with E-state index in [1.165, 1.54) is 16.8 Å². The number of carbonyl (C=O) groups is 1. The van der Waals surface area contributed by atoms with Gasteiger partial charge >= 0.3 is 0 Å². The van der Waals surface area contributed by atoms with E-state index in [9.17, 15) is 4.79 Å². The molecular weight excluding hydrogens is 464 g/mol. The summed E-state index contributed by atoms with van der Waals surface area (Å²) in [6, 6.07) is 13.1. The first kappa shape index (κ1) is 22.0. The first-order chi connectivity index (χ1) is 14.3. The standard InChI is InChI=1S/C22H23BrN4O2S/c1-13-18(14(2)27(3)26-13)11-15-5-8-17(9-6-15)24-22(30)25-21(28)16-7-10-20(29-4)19(23)12-16/h5-10,12H,11H2,1-4H3,(H2,24,25,28,30). The Balaban J connectivity index is 1.60. The zero-order valence-corrected chi connectivity index (χ0v) is 19.6. The number of carbonyl (C=O) groups excluding carboxylic acids is 1. The fraction of sp³-hybridized carbons (Fsp3) is 0.227. The van der Waals surface area contributed by atoms with E-state index < -0.39 is 0 Å². The van der Waals surface area contributed by atoms with Crippen LogP contribution >= 0.6 is 28.1 Å². The number of ether oxygens (including phenoxy) is 1. The lowest BCUT2D eigenvalue weighted by Crippen LogP contribution is -2.34. The topological polar surface area (TPSA) is 68.2 Å². The lowest BCUT2D eigenvalue weighted by atomic mass is 10.0. The summed E-state index contributed by atoms with van der Waals surface area (Å²) in [5.74, 6) is 0.360. The van der Waals surface area contributed by atoms with Crippen molar-refractivity contribution < 1.29 is 9.53 Å². The van der Waals surface area contributed by atoms with Gasteiger partial charge in [-0.25, -0.2) is 0 Å². The van der Waals surface area contributed by atoms with E-state index in [0.29, 0.717) is 15.8 Å². The third-order valence-corrected chi connectivity index (χ3v) is 5.72. The van der Waals surface area contributed by atoms with Crippen LogP contribution < -0.4 is 15.4 Å². The fourth-order valence-corrected chi connectivity index (χ4v) is 3.88. The monoisotopic (exact) mass is 486 g/mol. The van der Waals surface area contributed by atoms with Gasteiger partial charge in [0.05, 0.1) is 17.3 Å². The third-order valence-electron chi connectivity index (χ3n) is 4.89. The molecule has 0 fully saturated rings. The summed E-state index contributed by atoms with van der Waals surface area (Å²) in [6.07, 6.45) is 0.819. The molecule has 30 heavy (non-hydrogen) atoms. The van der Waals surface area contributed by atoms with Crippen LogP contribution in [-0.4, -0.2) is 27.9 Å². The van der Waals surface area contributed by atoms with E-state index in [2.05, 4.69) is 38.6 Å². The normalized spacial score (nSPS) is 10.6. The van der Waals surface area contributed by atoms with Gasteiger partial charge in [0.25, 0.3) is 5.91 Å². The number of benzene rings is 2. The molecule has 1 heterocycles. The van der Waals surface area contributed by atoms with Gasteiger partial charge < -0.3 is 10.1 Å². The predicted octanol–water partition coefficient (Wildman–Crippen LogP) is 4.53. The molecule has 0 aliphatic carbocycles. The van der Waals surface area contributed by atoms with Crippen LogP contribution in [0.4, 0.5) is 5.69 Å². The summed E-state index contributed by atoms with van der Waals surface area (Å²) in [4.78, 5) is 12.4. The molecule has 8 heteroatoms. The molecule has 1 aromatic heterocycles. The number of hydrogen-bond acceptors (Lipinski definition) is 4. The van der Waals surface area contributed by atoms with Gasteiger partial charge in [-0.2, -0.15) is 5.10 Å². The minimum atomic E-state index is -0.296. The minimum absolute atomic E-state index is 0.235. The molecule has 0 saturated heterocycles. The number of nitrogens with one attached hydrogen (secondary N) is 2. The van der Waals surface area contributed by atoms with Gasteiger partial charge in [0.2, 0.25) is 0 Å². The van der Waals surface area contributed by atoms with E-state index in [0.717, 1.165) is 17.8 Å². The average Bonchev–Trinajstić information content (AvgIpc) is 2.95. The summed E-state index contributed by atoms with van der Waals surface area (Å²) >= 11 is 8.66. The van der Waals surface area contributed by atoms with Crippen molar-refractivity contribution >= 4 is 44.9 Å². The number of amides is 1. The van der Waals surface area contributed by atoms with Crippen LogP contribution in [0, 0.1) is 13.8 Å². The number of rotatable bonds is 5. The summed E-state index contributed by atoms with van der Waals surface area (Å²) < 4.78 is 7.79. The molecule has 0 saturated carbocycles. The van der Waals surface area contributed by atoms with E-state index >= 15 is 0 Å². The largest absolute Gasteiger partial charge is 0.496 e. The number of hydrogen-bond donors (Lipinski definition) is 2. The molecule has 0 atom stereocenters. The Morgan fingerprint density at radius 1 is 1.20 bits per heavy atom. The Bertz CT molecular complexity index is 1090. The lowest BCUT2D eigenvalue weighted by Gasteiger charge is -2.11. The van der Waals surface area contributed by atoms with E-state index in [1.54, 1.807) is 25.3 Å². The predicted molar refractivity (Wildman–Crippen MR) is 126 cm³/mol. The van der Waals surface area contributed by atoms with Gasteiger partial charge in [-0.05, 0) is 77.9 Å². The fourth-order valence-electron chi connectivity index (χ4n) is 3.13. The minimum Gasteiger partial charge on any atom is -0.496 e. The highest BCUT2D eigenvalue weighted by atomic mass is 79.9. The Morgan fingerprint density at radius 2 is 1.90 bits per heavy atom. The zero-order valence-electron chi connectivity index (χ0n) is 17.2. The van der Waals surface area contributed by atoms with E-state index in [4.69, 9.17) is 17.0 Å². The van der Waals surface area contributed by atoms with Crippen LogP contribution in [0.5, 0.6) is 5.75 Å². The second-order valence-electron chi connectivity index (χ2n) is 6.90. The highest BCUT2D eigenvalue weighted by Gasteiger charge is 2.12. The highest BCUT2D eigenvalue weighted by molar-refractivity contribution is 9.10. The van der Waals surface area contributed by atoms with Gasteiger partial charge in [-0.3, -0.25) is 14.8 Å². The molecule has 2 N–H and O–H groups in total. The zero-order chi connectivity index (χ0) is 21.8. The van der Waals surface area contributed by atoms with Crippen LogP contribution in [0.15, 0.2) is 46.9 Å². The van der Waals surface area contributed by atoms with Crippen LogP contribution in [0.2, 0.25) is 0 Å². The van der Waals surface area contributed by atoms with Gasteiger partial charge in [0, 0.05) is 36.0 Å². The third kappa shape index (κ3) is 5.06. The summed E-state index contributed by atoms with van der Waals surface area (Å²) in [5, 5.41) is 10.4. The summed E-state index contributed by atoms with van der Waals surface area (Å²) in [6.45, 7) is 4.11. The maximum atomic E-state index is 12.4. The number of aryl methyl sites for hydroxylation is 2. The van der Waals surface area contributed by atoms with Crippen LogP contribution in [-0.2, 0) is 13.5 Å². The maximum absolute atomic E-state index is 12.4.